The third-order valence-electron chi connectivity index (χ3n) is 3.39. The number of hydrogen-bond acceptors (Lipinski definition) is 4. The molecule has 0 saturated carbocycles. The zero-order chi connectivity index (χ0) is 31.2. The smallest absolute Gasteiger partial charge is 0.160 e. The van der Waals surface area contributed by atoms with Gasteiger partial charge in [-0.3, -0.25) is 0 Å². The van der Waals surface area contributed by atoms with Gasteiger partial charge in [0.2, 0.25) is 0 Å². The fraction of sp³-hybridized carbons (Fsp3) is 0.455. The highest BCUT2D eigenvalue weighted by Gasteiger charge is 2.07. The number of benzene rings is 2. The van der Waals surface area contributed by atoms with E-state index >= 15 is 0 Å². The molecule has 2 aromatic rings. The minimum absolute atomic E-state index is 0.231. The van der Waals surface area contributed by atoms with Gasteiger partial charge in [0.1, 0.15) is 12.4 Å². The van der Waals surface area contributed by atoms with Gasteiger partial charge in [-0.1, -0.05) is 18.5 Å². The van der Waals surface area contributed by atoms with Crippen molar-refractivity contribution in [3.05, 3.63) is 52.9 Å². The molecule has 26 heavy (non-hydrogen) atoms. The Bertz CT molecular complexity index is 1240. The van der Waals surface area contributed by atoms with Crippen molar-refractivity contribution >= 4 is 0 Å². The molecule has 4 heteroatoms. The molecule has 1 unspecified atom stereocenters. The molecule has 0 aliphatic rings. The van der Waals surface area contributed by atoms with Crippen molar-refractivity contribution in [2.75, 3.05) is 20.8 Å². The first-order valence-corrected chi connectivity index (χ1v) is 7.80. The third-order valence-corrected chi connectivity index (χ3v) is 3.39. The predicted molar refractivity (Wildman–Crippen MR) is 105 cm³/mol. The summed E-state index contributed by atoms with van der Waals surface area (Å²) < 4.78 is 127. The highest BCUT2D eigenvalue weighted by atomic mass is 16.5. The van der Waals surface area contributed by atoms with Crippen molar-refractivity contribution in [3.63, 3.8) is 0 Å². The quantitative estimate of drug-likeness (QED) is 0.668. The van der Waals surface area contributed by atoms with Crippen LogP contribution in [-0.4, -0.2) is 31.9 Å². The molecule has 4 nitrogen and oxygen atoms in total. The molecule has 0 radical (unpaired) electrons. The van der Waals surface area contributed by atoms with Crippen LogP contribution in [0.4, 0.5) is 0 Å². The van der Waals surface area contributed by atoms with Crippen molar-refractivity contribution in [1.29, 1.82) is 0 Å². The van der Waals surface area contributed by atoms with Crippen LogP contribution < -0.4 is 14.2 Å². The van der Waals surface area contributed by atoms with Gasteiger partial charge in [0, 0.05) is 5.48 Å². The first-order valence-electron chi connectivity index (χ1n) is 14.8. The standard InChI is InChI=1S/C22H30O4/c1-16-9-11-20(13-17(16)2)26-15-19(23)8-6-5-7-18-10-12-21(24-3)22(14-18)25-4/h9-14,19,23H,5-8,15H2,1-4H3/i3D3,7D2,8D2,9D,10D,11D,12D,13D,14D,19D. The Morgan fingerprint density at radius 3 is 2.73 bits per heavy atom. The second-order valence-corrected chi connectivity index (χ2v) is 5.26. The van der Waals surface area contributed by atoms with Crippen LogP contribution in [0.5, 0.6) is 17.2 Å². The van der Waals surface area contributed by atoms with Crippen LogP contribution in [0.2, 0.25) is 0 Å². The summed E-state index contributed by atoms with van der Waals surface area (Å²) >= 11 is 0. The Kier molecular flexibility index (Phi) is 3.18. The van der Waals surface area contributed by atoms with Gasteiger partial charge >= 0.3 is 0 Å². The van der Waals surface area contributed by atoms with Crippen molar-refractivity contribution in [1.82, 2.24) is 0 Å². The van der Waals surface area contributed by atoms with E-state index in [1.165, 1.54) is 6.92 Å². The number of methoxy groups -OCH3 is 2. The van der Waals surface area contributed by atoms with E-state index < -0.39 is 92.3 Å². The van der Waals surface area contributed by atoms with E-state index in [9.17, 15) is 5.11 Å². The molecule has 0 heterocycles. The minimum atomic E-state index is -3.06. The molecule has 0 aromatic heterocycles. The van der Waals surface area contributed by atoms with E-state index in [1.807, 2.05) is 0 Å². The topological polar surface area (TPSA) is 47.9 Å². The molecule has 1 atom stereocenters. The van der Waals surface area contributed by atoms with E-state index in [0.29, 0.717) is 11.1 Å². The van der Waals surface area contributed by atoms with Gasteiger partial charge in [-0.2, -0.15) is 0 Å². The summed E-state index contributed by atoms with van der Waals surface area (Å²) in [4.78, 5) is 0. The highest BCUT2D eigenvalue weighted by molar-refractivity contribution is 5.42. The molecule has 0 fully saturated rings. The van der Waals surface area contributed by atoms with Gasteiger partial charge in [-0.25, -0.2) is 0 Å². The maximum atomic E-state index is 10.6. The third kappa shape index (κ3) is 5.95. The molecule has 0 aliphatic carbocycles. The van der Waals surface area contributed by atoms with Crippen LogP contribution in [0, 0.1) is 13.8 Å². The molecule has 0 aliphatic heterocycles. The molecular formula is C22H30O4. The molecule has 0 saturated heterocycles. The average molecular weight is 373 g/mol. The summed E-state index contributed by atoms with van der Waals surface area (Å²) in [5, 5.41) is 10.6. The monoisotopic (exact) mass is 372 g/mol. The Morgan fingerprint density at radius 2 is 1.96 bits per heavy atom. The lowest BCUT2D eigenvalue weighted by Crippen LogP contribution is -2.17. The second-order valence-electron chi connectivity index (χ2n) is 5.26. The largest absolute Gasteiger partial charge is 0.493 e. The number of ether oxygens (including phenoxy) is 3. The lowest BCUT2D eigenvalue weighted by Gasteiger charge is -2.13. The fourth-order valence-electron chi connectivity index (χ4n) is 1.88. The summed E-state index contributed by atoms with van der Waals surface area (Å²) in [5.74, 6) is -1.78. The van der Waals surface area contributed by atoms with Gasteiger partial charge in [0.05, 0.1) is 33.9 Å². The lowest BCUT2D eigenvalue weighted by atomic mass is 10.0. The Labute approximate surface area is 176 Å². The van der Waals surface area contributed by atoms with Crippen LogP contribution in [0.25, 0.3) is 0 Å². The maximum Gasteiger partial charge on any atom is 0.160 e. The van der Waals surface area contributed by atoms with Gasteiger partial charge < -0.3 is 19.3 Å². The molecule has 142 valence electrons. The normalized spacial score (nSPS) is 22.5. The lowest BCUT2D eigenvalue weighted by molar-refractivity contribution is 0.0976. The highest BCUT2D eigenvalue weighted by Crippen LogP contribution is 2.28. The first kappa shape index (κ1) is 8.22. The van der Waals surface area contributed by atoms with E-state index in [-0.39, 0.29) is 12.1 Å². The van der Waals surface area contributed by atoms with Gasteiger partial charge in [0.25, 0.3) is 0 Å². The minimum Gasteiger partial charge on any atom is -0.493 e. The molecule has 2 rings (SSSR count). The van der Waals surface area contributed by atoms with Gasteiger partial charge in [-0.15, -0.1) is 0 Å². The van der Waals surface area contributed by atoms with Gasteiger partial charge in [-0.05, 0) is 73.9 Å². The Hall–Kier alpha value is -2.20. The van der Waals surface area contributed by atoms with E-state index in [2.05, 4.69) is 0 Å². The SMILES string of the molecule is [2H]c1c([2H])c(OCC([2H])(O)C([2H])([2H])CCC([2H])([2H])c2c([2H])c([2H])c(OC([2H])([2H])[2H])c(OC)c2[2H])c([2H])c(C)c1C. The molecular weight excluding hydrogens is 328 g/mol. The Morgan fingerprint density at radius 1 is 1.12 bits per heavy atom. The molecule has 1 N–H and O–H groups in total. The van der Waals surface area contributed by atoms with Crippen LogP contribution in [0.1, 0.15) is 55.1 Å². The van der Waals surface area contributed by atoms with Crippen molar-refractivity contribution in [2.45, 2.75) is 45.5 Å². The van der Waals surface area contributed by atoms with Crippen molar-refractivity contribution in [3.8, 4) is 17.2 Å². The van der Waals surface area contributed by atoms with Crippen molar-refractivity contribution in [2.24, 2.45) is 0 Å². The maximum absolute atomic E-state index is 10.6. The zero-order valence-corrected chi connectivity index (χ0v) is 14.8. The molecule has 0 spiro atoms. The number of hydrogen-bond donors (Lipinski definition) is 1. The van der Waals surface area contributed by atoms with E-state index in [1.54, 1.807) is 6.92 Å². The molecule has 0 bridgehead atoms. The Balaban J connectivity index is 2.36. The van der Waals surface area contributed by atoms with Gasteiger partial charge in [0.15, 0.2) is 11.5 Å². The van der Waals surface area contributed by atoms with E-state index in [4.69, 9.17) is 33.4 Å². The fourth-order valence-corrected chi connectivity index (χ4v) is 1.88. The zero-order valence-electron chi connectivity index (χ0n) is 28.8. The van der Waals surface area contributed by atoms with Crippen LogP contribution >= 0.6 is 0 Å². The summed E-state index contributed by atoms with van der Waals surface area (Å²) in [5.41, 5.74) is -0.00439. The first-order chi connectivity index (χ1) is 18.0. The summed E-state index contributed by atoms with van der Waals surface area (Å²) in [6.45, 7) is 2.00. The summed E-state index contributed by atoms with van der Waals surface area (Å²) in [7, 11) is -2.02. The van der Waals surface area contributed by atoms with E-state index in [0.717, 1.165) is 7.11 Å². The van der Waals surface area contributed by atoms with Crippen molar-refractivity contribution < 1.29 is 38.5 Å². The summed E-state index contributed by atoms with van der Waals surface area (Å²) in [6, 6.07) is -3.50. The predicted octanol–water partition coefficient (Wildman–Crippen LogP) is 4.47. The average Bonchev–Trinajstić information content (AvgIpc) is 2.82. The van der Waals surface area contributed by atoms with Crippen LogP contribution in [0.15, 0.2) is 36.3 Å². The second kappa shape index (κ2) is 10.1. The van der Waals surface area contributed by atoms with Crippen LogP contribution in [-0.2, 0) is 6.37 Å². The molecule has 0 amide bonds. The number of aliphatic hydroxyl groups is 1. The number of rotatable bonds is 10. The summed E-state index contributed by atoms with van der Waals surface area (Å²) in [6.07, 6.45) is -10.2. The molecule has 2 aromatic carbocycles. The van der Waals surface area contributed by atoms with Crippen LogP contribution in [0.3, 0.4) is 0 Å².